The molecule has 0 aromatic carbocycles. The lowest BCUT2D eigenvalue weighted by atomic mass is 9.86. The van der Waals surface area contributed by atoms with E-state index in [9.17, 15) is 9.59 Å². The van der Waals surface area contributed by atoms with E-state index in [2.05, 4.69) is 15.8 Å². The molecule has 1 aliphatic rings. The van der Waals surface area contributed by atoms with Crippen molar-refractivity contribution in [2.45, 2.75) is 51.4 Å². The van der Waals surface area contributed by atoms with Crippen molar-refractivity contribution in [2.24, 2.45) is 5.92 Å². The van der Waals surface area contributed by atoms with Crippen LogP contribution in [0.25, 0.3) is 0 Å². The van der Waals surface area contributed by atoms with Crippen molar-refractivity contribution in [2.75, 3.05) is 0 Å². The van der Waals surface area contributed by atoms with Gasteiger partial charge in [0.2, 0.25) is 5.91 Å². The molecular weight excluding hydrogens is 254 g/mol. The number of nitrogens with one attached hydrogen (secondary N) is 3. The molecule has 110 valence electrons. The van der Waals surface area contributed by atoms with Crippen LogP contribution in [0.3, 0.4) is 0 Å². The lowest BCUT2D eigenvalue weighted by molar-refractivity contribution is -0.122. The Morgan fingerprint density at radius 3 is 2.70 bits per heavy atom. The van der Waals surface area contributed by atoms with Crippen LogP contribution in [0.2, 0.25) is 0 Å². The molecule has 0 saturated heterocycles. The van der Waals surface area contributed by atoms with Crippen LogP contribution in [-0.4, -0.2) is 16.8 Å². The van der Waals surface area contributed by atoms with E-state index in [0.29, 0.717) is 12.1 Å². The number of hydrazine groups is 1. The predicted molar refractivity (Wildman–Crippen MR) is 76.8 cm³/mol. The van der Waals surface area contributed by atoms with Crippen molar-refractivity contribution in [3.8, 4) is 0 Å². The summed E-state index contributed by atoms with van der Waals surface area (Å²) in [4.78, 5) is 26.0. The summed E-state index contributed by atoms with van der Waals surface area (Å²) in [5.74, 6) is 0.349. The highest BCUT2D eigenvalue weighted by Crippen LogP contribution is 2.27. The molecule has 5 heteroatoms. The molecule has 1 aliphatic carbocycles. The van der Waals surface area contributed by atoms with E-state index < -0.39 is 0 Å². The van der Waals surface area contributed by atoms with Crippen molar-refractivity contribution in [3.05, 3.63) is 24.0 Å². The Bertz CT molecular complexity index is 422. The van der Waals surface area contributed by atoms with Crippen LogP contribution in [0.15, 0.2) is 18.3 Å². The zero-order valence-corrected chi connectivity index (χ0v) is 11.8. The van der Waals surface area contributed by atoms with Gasteiger partial charge in [0.15, 0.2) is 0 Å². The van der Waals surface area contributed by atoms with Gasteiger partial charge in [-0.05, 0) is 30.9 Å². The van der Waals surface area contributed by atoms with Gasteiger partial charge >= 0.3 is 0 Å². The van der Waals surface area contributed by atoms with Gasteiger partial charge in [0.05, 0.1) is 0 Å². The van der Waals surface area contributed by atoms with Crippen LogP contribution in [0.1, 0.15) is 61.9 Å². The summed E-state index contributed by atoms with van der Waals surface area (Å²) in [6.07, 6.45) is 10.8. The van der Waals surface area contributed by atoms with E-state index in [0.717, 1.165) is 18.8 Å². The maximum Gasteiger partial charge on any atom is 0.286 e. The predicted octanol–water partition coefficient (Wildman–Crippen LogP) is 2.53. The molecular formula is C15H23N3O2. The van der Waals surface area contributed by atoms with Gasteiger partial charge in [-0.25, -0.2) is 0 Å². The monoisotopic (exact) mass is 277 g/mol. The fourth-order valence-electron chi connectivity index (χ4n) is 2.75. The molecule has 0 radical (unpaired) electrons. The van der Waals surface area contributed by atoms with Crippen LogP contribution in [-0.2, 0) is 4.79 Å². The zero-order chi connectivity index (χ0) is 14.2. The minimum Gasteiger partial charge on any atom is -0.357 e. The maximum absolute atomic E-state index is 11.6. The highest BCUT2D eigenvalue weighted by atomic mass is 16.2. The van der Waals surface area contributed by atoms with Crippen LogP contribution in [0.5, 0.6) is 0 Å². The molecule has 1 aromatic rings. The molecule has 2 rings (SSSR count). The summed E-state index contributed by atoms with van der Waals surface area (Å²) < 4.78 is 0. The highest BCUT2D eigenvalue weighted by molar-refractivity contribution is 5.93. The molecule has 2 amide bonds. The number of aromatic amines is 1. The van der Waals surface area contributed by atoms with Crippen molar-refractivity contribution in [1.29, 1.82) is 0 Å². The molecule has 3 N–H and O–H groups in total. The molecule has 1 aromatic heterocycles. The molecule has 0 bridgehead atoms. The van der Waals surface area contributed by atoms with E-state index in [1.165, 1.54) is 32.1 Å². The number of H-pyrrole nitrogens is 1. The van der Waals surface area contributed by atoms with Crippen molar-refractivity contribution in [3.63, 3.8) is 0 Å². The second-order valence-electron chi connectivity index (χ2n) is 5.48. The smallest absolute Gasteiger partial charge is 0.286 e. The summed E-state index contributed by atoms with van der Waals surface area (Å²) in [5.41, 5.74) is 5.29. The Balaban J connectivity index is 1.57. The number of carbonyl (C=O) groups is 2. The van der Waals surface area contributed by atoms with E-state index in [1.807, 2.05) is 0 Å². The molecule has 1 heterocycles. The normalized spacial score (nSPS) is 15.8. The summed E-state index contributed by atoms with van der Waals surface area (Å²) in [6, 6.07) is 3.39. The quantitative estimate of drug-likeness (QED) is 0.723. The first-order valence-corrected chi connectivity index (χ1v) is 7.48. The Morgan fingerprint density at radius 2 is 2.00 bits per heavy atom. The number of carbonyl (C=O) groups excluding carboxylic acids is 2. The third kappa shape index (κ3) is 4.72. The van der Waals surface area contributed by atoms with Gasteiger partial charge in [-0.15, -0.1) is 0 Å². The second-order valence-corrected chi connectivity index (χ2v) is 5.48. The Morgan fingerprint density at radius 1 is 1.20 bits per heavy atom. The Labute approximate surface area is 119 Å². The van der Waals surface area contributed by atoms with Gasteiger partial charge in [-0.2, -0.15) is 0 Å². The van der Waals surface area contributed by atoms with E-state index in [-0.39, 0.29) is 11.8 Å². The van der Waals surface area contributed by atoms with Crippen LogP contribution >= 0.6 is 0 Å². The second kappa shape index (κ2) is 7.72. The maximum atomic E-state index is 11.6. The van der Waals surface area contributed by atoms with Gasteiger partial charge in [-0.3, -0.25) is 20.4 Å². The molecule has 0 aliphatic heterocycles. The zero-order valence-electron chi connectivity index (χ0n) is 11.8. The third-order valence-electron chi connectivity index (χ3n) is 3.90. The minimum atomic E-state index is -0.323. The fourth-order valence-corrected chi connectivity index (χ4v) is 2.75. The number of rotatable bonds is 5. The summed E-state index contributed by atoms with van der Waals surface area (Å²) in [7, 11) is 0. The molecule has 20 heavy (non-hydrogen) atoms. The van der Waals surface area contributed by atoms with Gasteiger partial charge in [0, 0.05) is 12.6 Å². The summed E-state index contributed by atoms with van der Waals surface area (Å²) >= 11 is 0. The van der Waals surface area contributed by atoms with Crippen LogP contribution in [0, 0.1) is 5.92 Å². The first-order valence-electron chi connectivity index (χ1n) is 7.48. The van der Waals surface area contributed by atoms with Gasteiger partial charge in [0.25, 0.3) is 5.91 Å². The molecule has 0 atom stereocenters. The van der Waals surface area contributed by atoms with Gasteiger partial charge in [-0.1, -0.05) is 32.1 Å². The average molecular weight is 277 g/mol. The van der Waals surface area contributed by atoms with Crippen LogP contribution in [0.4, 0.5) is 0 Å². The number of aromatic nitrogens is 1. The molecule has 1 saturated carbocycles. The largest absolute Gasteiger partial charge is 0.357 e. The Hall–Kier alpha value is -1.78. The average Bonchev–Trinajstić information content (AvgIpc) is 3.00. The number of hydrogen-bond donors (Lipinski definition) is 3. The number of amides is 2. The van der Waals surface area contributed by atoms with Gasteiger partial charge in [0.1, 0.15) is 5.69 Å². The Kier molecular flexibility index (Phi) is 5.65. The lowest BCUT2D eigenvalue weighted by Crippen LogP contribution is -2.41. The molecule has 1 fully saturated rings. The van der Waals surface area contributed by atoms with E-state index in [4.69, 9.17) is 0 Å². The summed E-state index contributed by atoms with van der Waals surface area (Å²) in [5, 5.41) is 0. The topological polar surface area (TPSA) is 74.0 Å². The molecule has 0 unspecified atom stereocenters. The van der Waals surface area contributed by atoms with Crippen molar-refractivity contribution < 1.29 is 9.59 Å². The SMILES string of the molecule is O=C(CCCC1CCCCC1)NNC(=O)c1ccc[nH]1. The first-order chi connectivity index (χ1) is 9.75. The number of hydrogen-bond acceptors (Lipinski definition) is 2. The minimum absolute atomic E-state index is 0.124. The fraction of sp³-hybridized carbons (Fsp3) is 0.600. The lowest BCUT2D eigenvalue weighted by Gasteiger charge is -2.21. The summed E-state index contributed by atoms with van der Waals surface area (Å²) in [6.45, 7) is 0. The molecule has 0 spiro atoms. The molecule has 5 nitrogen and oxygen atoms in total. The van der Waals surface area contributed by atoms with Crippen LogP contribution < -0.4 is 10.9 Å². The van der Waals surface area contributed by atoms with Crippen molar-refractivity contribution in [1.82, 2.24) is 15.8 Å². The van der Waals surface area contributed by atoms with Gasteiger partial charge < -0.3 is 4.98 Å². The highest BCUT2D eigenvalue weighted by Gasteiger charge is 2.14. The first kappa shape index (κ1) is 14.6. The van der Waals surface area contributed by atoms with E-state index >= 15 is 0 Å². The van der Waals surface area contributed by atoms with Crippen molar-refractivity contribution >= 4 is 11.8 Å². The third-order valence-corrected chi connectivity index (χ3v) is 3.90. The standard InChI is InChI=1S/C15H23N3O2/c19-14(10-4-8-12-6-2-1-3-7-12)17-18-15(20)13-9-5-11-16-13/h5,9,11-12,16H,1-4,6-8,10H2,(H,17,19)(H,18,20). The van der Waals surface area contributed by atoms with E-state index in [1.54, 1.807) is 18.3 Å².